The largest absolute Gasteiger partial charge is 0.511 e. The van der Waals surface area contributed by atoms with E-state index in [9.17, 15) is 9.90 Å². The molecule has 0 saturated carbocycles. The summed E-state index contributed by atoms with van der Waals surface area (Å²) in [6, 6.07) is 7.24. The van der Waals surface area contributed by atoms with Crippen molar-refractivity contribution in [2.24, 2.45) is 4.99 Å². The van der Waals surface area contributed by atoms with Crippen molar-refractivity contribution < 1.29 is 14.6 Å². The van der Waals surface area contributed by atoms with E-state index >= 15 is 0 Å². The molecule has 0 aliphatic heterocycles. The number of aliphatic hydroxyl groups is 1. The number of aliphatic imine (C=N–C) groups is 1. The van der Waals surface area contributed by atoms with Gasteiger partial charge >= 0.3 is 0 Å². The molecule has 0 radical (unpaired) electrons. The summed E-state index contributed by atoms with van der Waals surface area (Å²) in [4.78, 5) is 16.2. The van der Waals surface area contributed by atoms with Crippen molar-refractivity contribution in [2.75, 3.05) is 7.11 Å². The maximum absolute atomic E-state index is 11.8. The standard InChI is InChI=1S/C15H17NO3/c1-10(15-13(17)4-3-5-14(15)18)16-11-6-8-12(19-2)9-7-11/h6-9,17H,3-5H2,1-2H3. The zero-order chi connectivity index (χ0) is 13.8. The van der Waals surface area contributed by atoms with Crippen LogP contribution in [-0.4, -0.2) is 23.7 Å². The molecule has 0 bridgehead atoms. The molecule has 1 aliphatic carbocycles. The van der Waals surface area contributed by atoms with Crippen LogP contribution in [-0.2, 0) is 4.79 Å². The van der Waals surface area contributed by atoms with Crippen molar-refractivity contribution in [3.63, 3.8) is 0 Å². The predicted octanol–water partition coefficient (Wildman–Crippen LogP) is 3.35. The van der Waals surface area contributed by atoms with E-state index in [2.05, 4.69) is 4.99 Å². The number of ether oxygens (including phenoxy) is 1. The molecule has 0 fully saturated rings. The molecule has 1 aromatic rings. The summed E-state index contributed by atoms with van der Waals surface area (Å²) in [7, 11) is 1.60. The highest BCUT2D eigenvalue weighted by molar-refractivity contribution is 6.22. The lowest BCUT2D eigenvalue weighted by Crippen LogP contribution is -2.17. The lowest BCUT2D eigenvalue weighted by molar-refractivity contribution is -0.115. The van der Waals surface area contributed by atoms with Gasteiger partial charge in [-0.1, -0.05) is 0 Å². The molecule has 0 heterocycles. The third kappa shape index (κ3) is 3.02. The Hall–Kier alpha value is -2.10. The average molecular weight is 259 g/mol. The number of hydrogen-bond acceptors (Lipinski definition) is 4. The Morgan fingerprint density at radius 3 is 2.53 bits per heavy atom. The van der Waals surface area contributed by atoms with E-state index in [4.69, 9.17) is 4.74 Å². The van der Waals surface area contributed by atoms with Crippen LogP contribution in [0.3, 0.4) is 0 Å². The number of nitrogens with zero attached hydrogens (tertiary/aromatic N) is 1. The van der Waals surface area contributed by atoms with Gasteiger partial charge in [-0.15, -0.1) is 0 Å². The van der Waals surface area contributed by atoms with E-state index < -0.39 is 0 Å². The number of Topliss-reactive ketones (excluding diaryl/α,β-unsaturated/α-hetero) is 1. The Morgan fingerprint density at radius 1 is 1.26 bits per heavy atom. The van der Waals surface area contributed by atoms with Crippen LogP contribution >= 0.6 is 0 Å². The molecule has 1 aliphatic rings. The fourth-order valence-corrected chi connectivity index (χ4v) is 2.14. The predicted molar refractivity (Wildman–Crippen MR) is 74.3 cm³/mol. The molecular weight excluding hydrogens is 242 g/mol. The van der Waals surface area contributed by atoms with Crippen LogP contribution in [0.5, 0.6) is 5.75 Å². The third-order valence-electron chi connectivity index (χ3n) is 3.12. The number of rotatable bonds is 3. The van der Waals surface area contributed by atoms with E-state index in [1.165, 1.54) is 0 Å². The molecule has 0 amide bonds. The normalized spacial score (nSPS) is 16.7. The Balaban J connectivity index is 2.29. The SMILES string of the molecule is COc1ccc(N=C(C)C2=C(O)CCCC2=O)cc1. The highest BCUT2D eigenvalue weighted by Crippen LogP contribution is 2.24. The molecule has 0 spiro atoms. The van der Waals surface area contributed by atoms with E-state index in [0.717, 1.165) is 11.4 Å². The van der Waals surface area contributed by atoms with Crippen LogP contribution < -0.4 is 4.74 Å². The molecule has 0 aromatic heterocycles. The summed E-state index contributed by atoms with van der Waals surface area (Å²) in [5.41, 5.74) is 1.67. The zero-order valence-electron chi connectivity index (χ0n) is 11.1. The number of methoxy groups -OCH3 is 1. The fourth-order valence-electron chi connectivity index (χ4n) is 2.14. The van der Waals surface area contributed by atoms with E-state index in [0.29, 0.717) is 30.5 Å². The van der Waals surface area contributed by atoms with Gasteiger partial charge in [-0.3, -0.25) is 9.79 Å². The number of hydrogen-bond donors (Lipinski definition) is 1. The van der Waals surface area contributed by atoms with Crippen LogP contribution in [0.25, 0.3) is 0 Å². The Kier molecular flexibility index (Phi) is 4.00. The number of benzene rings is 1. The van der Waals surface area contributed by atoms with Crippen molar-refractivity contribution in [2.45, 2.75) is 26.2 Å². The van der Waals surface area contributed by atoms with Crippen LogP contribution in [0, 0.1) is 0 Å². The lowest BCUT2D eigenvalue weighted by atomic mass is 9.93. The Morgan fingerprint density at radius 2 is 1.95 bits per heavy atom. The summed E-state index contributed by atoms with van der Waals surface area (Å²) in [5, 5.41) is 9.83. The van der Waals surface area contributed by atoms with Crippen molar-refractivity contribution in [1.29, 1.82) is 0 Å². The fraction of sp³-hybridized carbons (Fsp3) is 0.333. The van der Waals surface area contributed by atoms with Gasteiger partial charge in [-0.2, -0.15) is 0 Å². The number of carbonyl (C=O) groups excluding carboxylic acids is 1. The summed E-state index contributed by atoms with van der Waals surface area (Å²) in [5.74, 6) is 0.886. The molecule has 1 N–H and O–H groups in total. The van der Waals surface area contributed by atoms with Crippen molar-refractivity contribution in [1.82, 2.24) is 0 Å². The molecule has 0 saturated heterocycles. The van der Waals surface area contributed by atoms with Gasteiger partial charge in [0.1, 0.15) is 11.5 Å². The molecule has 100 valence electrons. The monoisotopic (exact) mass is 259 g/mol. The van der Waals surface area contributed by atoms with Crippen LogP contribution in [0.1, 0.15) is 26.2 Å². The van der Waals surface area contributed by atoms with Crippen molar-refractivity contribution in [3.8, 4) is 5.75 Å². The van der Waals surface area contributed by atoms with Crippen LogP contribution in [0.15, 0.2) is 40.6 Å². The first-order chi connectivity index (χ1) is 9.11. The van der Waals surface area contributed by atoms with Gasteiger partial charge in [-0.25, -0.2) is 0 Å². The number of carbonyl (C=O) groups is 1. The Labute approximate surface area is 112 Å². The van der Waals surface area contributed by atoms with Gasteiger partial charge in [0.25, 0.3) is 0 Å². The summed E-state index contributed by atoms with van der Waals surface area (Å²) in [6.07, 6.45) is 1.75. The highest BCUT2D eigenvalue weighted by atomic mass is 16.5. The molecule has 2 rings (SSSR count). The molecule has 4 heteroatoms. The van der Waals surface area contributed by atoms with E-state index in [1.54, 1.807) is 14.0 Å². The number of allylic oxidation sites excluding steroid dienone is 2. The minimum Gasteiger partial charge on any atom is -0.511 e. The van der Waals surface area contributed by atoms with Crippen LogP contribution in [0.2, 0.25) is 0 Å². The van der Waals surface area contributed by atoms with E-state index in [1.807, 2.05) is 24.3 Å². The van der Waals surface area contributed by atoms with Gasteiger partial charge in [-0.05, 0) is 37.6 Å². The van der Waals surface area contributed by atoms with Gasteiger partial charge in [0.2, 0.25) is 0 Å². The zero-order valence-corrected chi connectivity index (χ0v) is 11.1. The molecule has 0 unspecified atom stereocenters. The summed E-state index contributed by atoms with van der Waals surface area (Å²) >= 11 is 0. The smallest absolute Gasteiger partial charge is 0.168 e. The van der Waals surface area contributed by atoms with E-state index in [-0.39, 0.29) is 11.5 Å². The van der Waals surface area contributed by atoms with Gasteiger partial charge in [0, 0.05) is 12.8 Å². The highest BCUT2D eigenvalue weighted by Gasteiger charge is 2.22. The first kappa shape index (κ1) is 13.3. The quantitative estimate of drug-likeness (QED) is 0.847. The summed E-state index contributed by atoms with van der Waals surface area (Å²) < 4.78 is 5.07. The van der Waals surface area contributed by atoms with Gasteiger partial charge in [0.05, 0.1) is 24.1 Å². The van der Waals surface area contributed by atoms with Crippen molar-refractivity contribution in [3.05, 3.63) is 35.6 Å². The second-order valence-corrected chi connectivity index (χ2v) is 4.49. The lowest BCUT2D eigenvalue weighted by Gasteiger charge is -2.14. The molecule has 19 heavy (non-hydrogen) atoms. The molecule has 1 aromatic carbocycles. The third-order valence-corrected chi connectivity index (χ3v) is 3.12. The number of aliphatic hydroxyl groups excluding tert-OH is 1. The van der Waals surface area contributed by atoms with Gasteiger partial charge < -0.3 is 9.84 Å². The topological polar surface area (TPSA) is 58.9 Å². The second-order valence-electron chi connectivity index (χ2n) is 4.49. The maximum atomic E-state index is 11.8. The first-order valence-corrected chi connectivity index (χ1v) is 6.27. The second kappa shape index (κ2) is 5.69. The van der Waals surface area contributed by atoms with Crippen molar-refractivity contribution >= 4 is 17.2 Å². The average Bonchev–Trinajstić information content (AvgIpc) is 2.39. The minimum atomic E-state index is -0.0292. The number of ketones is 1. The Bertz CT molecular complexity index is 541. The first-order valence-electron chi connectivity index (χ1n) is 6.27. The molecule has 0 atom stereocenters. The minimum absolute atomic E-state index is 0.0292. The maximum Gasteiger partial charge on any atom is 0.168 e. The van der Waals surface area contributed by atoms with Gasteiger partial charge in [0.15, 0.2) is 5.78 Å². The molecular formula is C15H17NO3. The summed E-state index contributed by atoms with van der Waals surface area (Å²) in [6.45, 7) is 1.75. The molecule has 4 nitrogen and oxygen atoms in total. The van der Waals surface area contributed by atoms with Crippen LogP contribution in [0.4, 0.5) is 5.69 Å².